The summed E-state index contributed by atoms with van der Waals surface area (Å²) < 4.78 is 5.22. The van der Waals surface area contributed by atoms with E-state index < -0.39 is 5.60 Å². The van der Waals surface area contributed by atoms with Gasteiger partial charge in [-0.25, -0.2) is 4.79 Å². The average molecular weight is 242 g/mol. The minimum atomic E-state index is -0.757. The van der Waals surface area contributed by atoms with Crippen molar-refractivity contribution in [1.29, 1.82) is 0 Å². The fourth-order valence-electron chi connectivity index (χ4n) is 2.19. The van der Waals surface area contributed by atoms with Crippen molar-refractivity contribution in [1.82, 2.24) is 10.6 Å². The van der Waals surface area contributed by atoms with Crippen LogP contribution in [0.15, 0.2) is 0 Å². The van der Waals surface area contributed by atoms with E-state index in [1.54, 1.807) is 6.92 Å². The summed E-state index contributed by atoms with van der Waals surface area (Å²) in [5.41, 5.74) is -0.757. The molecular weight excluding hydrogens is 220 g/mol. The van der Waals surface area contributed by atoms with Crippen molar-refractivity contribution in [3.8, 4) is 0 Å². The number of hydrogen-bond acceptors (Lipinski definition) is 3. The molecule has 0 aromatic carbocycles. The van der Waals surface area contributed by atoms with Gasteiger partial charge in [-0.2, -0.15) is 0 Å². The molecule has 1 heterocycles. The summed E-state index contributed by atoms with van der Waals surface area (Å²) in [4.78, 5) is 11.6. The molecule has 5 heteroatoms. The molecule has 1 saturated heterocycles. The molecule has 0 bridgehead atoms. The van der Waals surface area contributed by atoms with E-state index in [9.17, 15) is 9.90 Å². The minimum Gasteiger partial charge on any atom is -0.388 e. The Kier molecular flexibility index (Phi) is 3.89. The zero-order chi connectivity index (χ0) is 12.3. The van der Waals surface area contributed by atoms with Crippen molar-refractivity contribution in [2.75, 3.05) is 19.8 Å². The van der Waals surface area contributed by atoms with Gasteiger partial charge in [0.15, 0.2) is 0 Å². The van der Waals surface area contributed by atoms with E-state index in [1.807, 2.05) is 0 Å². The lowest BCUT2D eigenvalue weighted by Crippen LogP contribution is -2.49. The SMILES string of the molecule is CC(O)(CNC(=O)NC1CCOCC1)C1CC1. The summed E-state index contributed by atoms with van der Waals surface area (Å²) in [6.45, 7) is 3.54. The molecule has 1 unspecified atom stereocenters. The molecule has 1 aliphatic carbocycles. The van der Waals surface area contributed by atoms with Crippen LogP contribution in [0.2, 0.25) is 0 Å². The number of ether oxygens (including phenoxy) is 1. The van der Waals surface area contributed by atoms with Crippen molar-refractivity contribution < 1.29 is 14.6 Å². The Labute approximate surface area is 102 Å². The summed E-state index contributed by atoms with van der Waals surface area (Å²) in [5, 5.41) is 15.7. The molecular formula is C12H22N2O3. The fraction of sp³-hybridized carbons (Fsp3) is 0.917. The third-order valence-corrected chi connectivity index (χ3v) is 3.62. The molecule has 17 heavy (non-hydrogen) atoms. The van der Waals surface area contributed by atoms with Crippen molar-refractivity contribution in [2.24, 2.45) is 5.92 Å². The van der Waals surface area contributed by atoms with E-state index in [0.717, 1.165) is 25.7 Å². The van der Waals surface area contributed by atoms with Gasteiger partial charge in [-0.3, -0.25) is 0 Å². The molecule has 3 N–H and O–H groups in total. The van der Waals surface area contributed by atoms with E-state index in [2.05, 4.69) is 10.6 Å². The van der Waals surface area contributed by atoms with E-state index in [1.165, 1.54) is 0 Å². The lowest BCUT2D eigenvalue weighted by Gasteiger charge is -2.26. The summed E-state index contributed by atoms with van der Waals surface area (Å²) in [6.07, 6.45) is 3.87. The molecule has 0 aromatic rings. The maximum absolute atomic E-state index is 11.6. The first-order chi connectivity index (χ1) is 8.08. The monoisotopic (exact) mass is 242 g/mol. The lowest BCUT2D eigenvalue weighted by atomic mass is 10.0. The van der Waals surface area contributed by atoms with E-state index in [4.69, 9.17) is 4.74 Å². The van der Waals surface area contributed by atoms with Crippen LogP contribution in [0, 0.1) is 5.92 Å². The standard InChI is InChI=1S/C12H22N2O3/c1-12(16,9-2-3-9)8-13-11(15)14-10-4-6-17-7-5-10/h9-10,16H,2-8H2,1H3,(H2,13,14,15). The van der Waals surface area contributed by atoms with Crippen LogP contribution in [0.1, 0.15) is 32.6 Å². The minimum absolute atomic E-state index is 0.183. The van der Waals surface area contributed by atoms with Gasteiger partial charge in [0, 0.05) is 25.8 Å². The van der Waals surface area contributed by atoms with Gasteiger partial charge in [0.25, 0.3) is 0 Å². The Morgan fingerprint density at radius 1 is 1.35 bits per heavy atom. The molecule has 2 fully saturated rings. The maximum atomic E-state index is 11.6. The van der Waals surface area contributed by atoms with Crippen LogP contribution in [-0.2, 0) is 4.74 Å². The molecule has 0 spiro atoms. The molecule has 5 nitrogen and oxygen atoms in total. The molecule has 0 aromatic heterocycles. The van der Waals surface area contributed by atoms with Crippen LogP contribution >= 0.6 is 0 Å². The molecule has 1 saturated carbocycles. The number of amides is 2. The molecule has 98 valence electrons. The maximum Gasteiger partial charge on any atom is 0.315 e. The molecule has 1 atom stereocenters. The van der Waals surface area contributed by atoms with Gasteiger partial charge >= 0.3 is 6.03 Å². The Morgan fingerprint density at radius 2 is 2.00 bits per heavy atom. The van der Waals surface area contributed by atoms with Crippen LogP contribution in [0.3, 0.4) is 0 Å². The predicted octanol–water partition coefficient (Wildman–Crippen LogP) is 0.626. The van der Waals surface area contributed by atoms with Gasteiger partial charge in [0.05, 0.1) is 5.60 Å². The van der Waals surface area contributed by atoms with E-state index in [0.29, 0.717) is 25.7 Å². The number of aliphatic hydroxyl groups is 1. The summed E-state index contributed by atoms with van der Waals surface area (Å²) in [7, 11) is 0. The Morgan fingerprint density at radius 3 is 2.59 bits per heavy atom. The van der Waals surface area contributed by atoms with Gasteiger partial charge in [-0.15, -0.1) is 0 Å². The molecule has 1 aliphatic heterocycles. The van der Waals surface area contributed by atoms with Crippen LogP contribution in [-0.4, -0.2) is 42.5 Å². The lowest BCUT2D eigenvalue weighted by molar-refractivity contribution is 0.0387. The Balaban J connectivity index is 1.66. The highest BCUT2D eigenvalue weighted by Crippen LogP contribution is 2.38. The first-order valence-corrected chi connectivity index (χ1v) is 6.42. The quantitative estimate of drug-likeness (QED) is 0.677. The zero-order valence-corrected chi connectivity index (χ0v) is 10.4. The second-order valence-electron chi connectivity index (χ2n) is 5.35. The first-order valence-electron chi connectivity index (χ1n) is 6.42. The van der Waals surface area contributed by atoms with Crippen molar-refractivity contribution in [2.45, 2.75) is 44.2 Å². The molecule has 2 amide bonds. The van der Waals surface area contributed by atoms with Crippen LogP contribution in [0.5, 0.6) is 0 Å². The van der Waals surface area contributed by atoms with E-state index >= 15 is 0 Å². The number of rotatable bonds is 4. The first kappa shape index (κ1) is 12.6. The summed E-state index contributed by atoms with van der Waals surface area (Å²) in [6, 6.07) is 0.0208. The summed E-state index contributed by atoms with van der Waals surface area (Å²) in [5.74, 6) is 0.353. The normalized spacial score (nSPS) is 25.1. The molecule has 2 aliphatic rings. The van der Waals surface area contributed by atoms with Crippen molar-refractivity contribution in [3.63, 3.8) is 0 Å². The van der Waals surface area contributed by atoms with Crippen LogP contribution in [0.25, 0.3) is 0 Å². The van der Waals surface area contributed by atoms with Crippen molar-refractivity contribution in [3.05, 3.63) is 0 Å². The highest BCUT2D eigenvalue weighted by Gasteiger charge is 2.39. The number of hydrogen-bond donors (Lipinski definition) is 3. The van der Waals surface area contributed by atoms with Gasteiger partial charge < -0.3 is 20.5 Å². The number of urea groups is 1. The number of carbonyl (C=O) groups excluding carboxylic acids is 1. The Hall–Kier alpha value is -0.810. The third-order valence-electron chi connectivity index (χ3n) is 3.62. The van der Waals surface area contributed by atoms with Gasteiger partial charge in [-0.1, -0.05) is 0 Å². The summed E-state index contributed by atoms with van der Waals surface area (Å²) >= 11 is 0. The highest BCUT2D eigenvalue weighted by atomic mass is 16.5. The smallest absolute Gasteiger partial charge is 0.315 e. The molecule has 2 rings (SSSR count). The van der Waals surface area contributed by atoms with Crippen LogP contribution in [0.4, 0.5) is 4.79 Å². The second-order valence-corrected chi connectivity index (χ2v) is 5.35. The molecule has 0 radical (unpaired) electrons. The highest BCUT2D eigenvalue weighted by molar-refractivity contribution is 5.74. The van der Waals surface area contributed by atoms with E-state index in [-0.39, 0.29) is 12.1 Å². The average Bonchev–Trinajstić information content (AvgIpc) is 3.12. The number of nitrogens with one attached hydrogen (secondary N) is 2. The Bertz CT molecular complexity index is 271. The third kappa shape index (κ3) is 3.85. The number of carbonyl (C=O) groups is 1. The van der Waals surface area contributed by atoms with Gasteiger partial charge in [-0.05, 0) is 38.5 Å². The largest absolute Gasteiger partial charge is 0.388 e. The van der Waals surface area contributed by atoms with Gasteiger partial charge in [0.1, 0.15) is 0 Å². The zero-order valence-electron chi connectivity index (χ0n) is 10.4. The van der Waals surface area contributed by atoms with Crippen molar-refractivity contribution >= 4 is 6.03 Å². The second kappa shape index (κ2) is 5.23. The van der Waals surface area contributed by atoms with Crippen LogP contribution < -0.4 is 10.6 Å². The van der Waals surface area contributed by atoms with Gasteiger partial charge in [0.2, 0.25) is 0 Å². The predicted molar refractivity (Wildman–Crippen MR) is 63.7 cm³/mol. The fourth-order valence-corrected chi connectivity index (χ4v) is 2.19. The topological polar surface area (TPSA) is 70.6 Å².